The number of halogens is 2. The first kappa shape index (κ1) is 19.6. The maximum absolute atomic E-state index is 13.5. The van der Waals surface area contributed by atoms with E-state index in [0.717, 1.165) is 17.5 Å². The summed E-state index contributed by atoms with van der Waals surface area (Å²) in [6.45, 7) is 1.42. The number of alkyl halides is 2. The summed E-state index contributed by atoms with van der Waals surface area (Å²) < 4.78 is 27.0. The second kappa shape index (κ2) is 7.09. The average Bonchev–Trinajstić information content (AvgIpc) is 3.08. The number of carbonyl (C=O) groups excluding carboxylic acids is 3. The van der Waals surface area contributed by atoms with E-state index in [9.17, 15) is 23.2 Å². The number of nitrogens with zero attached hydrogens (tertiary/aromatic N) is 1. The minimum Gasteiger partial charge on any atom is -0.322 e. The Balaban J connectivity index is 1.21. The molecule has 4 aliphatic rings. The van der Waals surface area contributed by atoms with Gasteiger partial charge >= 0.3 is 0 Å². The highest BCUT2D eigenvalue weighted by Gasteiger charge is 2.69. The number of imide groups is 1. The van der Waals surface area contributed by atoms with Gasteiger partial charge in [-0.3, -0.25) is 19.7 Å². The van der Waals surface area contributed by atoms with E-state index in [2.05, 4.69) is 16.0 Å². The van der Waals surface area contributed by atoms with Gasteiger partial charge in [-0.05, 0) is 36.5 Å². The number of benzene rings is 1. The number of fused-ring (bicyclic) bond motifs is 2. The summed E-state index contributed by atoms with van der Waals surface area (Å²) in [4.78, 5) is 38.0. The summed E-state index contributed by atoms with van der Waals surface area (Å²) in [6, 6.07) is 4.20. The lowest BCUT2D eigenvalue weighted by Crippen LogP contribution is -2.52. The molecule has 0 aromatic heterocycles. The number of hydrogen-bond donors (Lipinski definition) is 3. The molecule has 3 fully saturated rings. The van der Waals surface area contributed by atoms with Crippen LogP contribution in [0.1, 0.15) is 47.2 Å². The summed E-state index contributed by atoms with van der Waals surface area (Å²) in [5, 5.41) is 8.68. The summed E-state index contributed by atoms with van der Waals surface area (Å²) >= 11 is 0. The first-order chi connectivity index (χ1) is 14.4. The fraction of sp³-hybridized carbons (Fsp3) is 0.571. The van der Waals surface area contributed by atoms with Crippen LogP contribution in [-0.4, -0.2) is 53.2 Å². The van der Waals surface area contributed by atoms with E-state index in [1.807, 2.05) is 12.1 Å². The molecule has 4 atom stereocenters. The molecule has 0 radical (unpaired) electrons. The van der Waals surface area contributed by atoms with E-state index in [1.165, 1.54) is 4.90 Å². The van der Waals surface area contributed by atoms with Crippen LogP contribution in [0.2, 0.25) is 0 Å². The third-order valence-corrected chi connectivity index (χ3v) is 6.83. The molecule has 3 unspecified atom stereocenters. The predicted octanol–water partition coefficient (Wildman–Crippen LogP) is 0.923. The average molecular weight is 418 g/mol. The van der Waals surface area contributed by atoms with Crippen molar-refractivity contribution in [1.82, 2.24) is 20.9 Å². The van der Waals surface area contributed by atoms with Crippen LogP contribution in [0.5, 0.6) is 0 Å². The molecule has 5 rings (SSSR count). The number of nitrogens with one attached hydrogen (secondary N) is 3. The number of rotatable bonds is 5. The maximum Gasteiger partial charge on any atom is 0.268 e. The molecular formula is C21H24F2N4O3. The van der Waals surface area contributed by atoms with Crippen LogP contribution in [-0.2, 0) is 22.7 Å². The minimum atomic E-state index is -2.56. The van der Waals surface area contributed by atoms with Gasteiger partial charge in [-0.25, -0.2) is 8.78 Å². The zero-order chi connectivity index (χ0) is 21.0. The monoisotopic (exact) mass is 418 g/mol. The van der Waals surface area contributed by atoms with Gasteiger partial charge < -0.3 is 15.5 Å². The van der Waals surface area contributed by atoms with E-state index >= 15 is 0 Å². The lowest BCUT2D eigenvalue weighted by Gasteiger charge is -2.29. The number of carbonyl (C=O) groups is 3. The Bertz CT molecular complexity index is 922. The topological polar surface area (TPSA) is 90.5 Å². The smallest absolute Gasteiger partial charge is 0.268 e. The Morgan fingerprint density at radius 3 is 2.77 bits per heavy atom. The third-order valence-electron chi connectivity index (χ3n) is 6.83. The predicted molar refractivity (Wildman–Crippen MR) is 103 cm³/mol. The second-order valence-corrected chi connectivity index (χ2v) is 8.67. The van der Waals surface area contributed by atoms with E-state index < -0.39 is 29.8 Å². The molecule has 1 aliphatic carbocycles. The lowest BCUT2D eigenvalue weighted by molar-refractivity contribution is -0.136. The van der Waals surface area contributed by atoms with Crippen LogP contribution in [0.25, 0.3) is 0 Å². The Morgan fingerprint density at radius 1 is 1.17 bits per heavy atom. The summed E-state index contributed by atoms with van der Waals surface area (Å²) in [5.41, 5.74) is 2.42. The highest BCUT2D eigenvalue weighted by Crippen LogP contribution is 2.53. The first-order valence-corrected chi connectivity index (χ1v) is 10.5. The van der Waals surface area contributed by atoms with Crippen molar-refractivity contribution < 1.29 is 23.2 Å². The molecule has 3 amide bonds. The van der Waals surface area contributed by atoms with Gasteiger partial charge in [-0.2, -0.15) is 0 Å². The van der Waals surface area contributed by atoms with Crippen molar-refractivity contribution >= 4 is 17.7 Å². The van der Waals surface area contributed by atoms with E-state index in [0.29, 0.717) is 38.0 Å². The fourth-order valence-corrected chi connectivity index (χ4v) is 5.05. The van der Waals surface area contributed by atoms with Crippen molar-refractivity contribution in [2.75, 3.05) is 6.54 Å². The number of hydrogen-bond acceptors (Lipinski definition) is 5. The zero-order valence-corrected chi connectivity index (χ0v) is 16.4. The highest BCUT2D eigenvalue weighted by atomic mass is 19.3. The molecule has 0 bridgehead atoms. The van der Waals surface area contributed by atoms with Crippen molar-refractivity contribution in [3.63, 3.8) is 0 Å². The molecule has 1 aromatic carbocycles. The summed E-state index contributed by atoms with van der Waals surface area (Å²) in [5.74, 6) is -4.00. The van der Waals surface area contributed by atoms with Crippen molar-refractivity contribution in [2.45, 2.75) is 62.8 Å². The van der Waals surface area contributed by atoms with Gasteiger partial charge in [0.2, 0.25) is 11.8 Å². The molecule has 3 N–H and O–H groups in total. The SMILES string of the molecule is O=C1CCC(N2Cc3c(CNC[C@@H]4CCC5C(N4)C5(F)F)cccc3C2=O)C(=O)N1. The quantitative estimate of drug-likeness (QED) is 0.619. The van der Waals surface area contributed by atoms with Crippen LogP contribution < -0.4 is 16.0 Å². The Kier molecular flexibility index (Phi) is 4.62. The van der Waals surface area contributed by atoms with E-state index in [4.69, 9.17) is 0 Å². The van der Waals surface area contributed by atoms with E-state index in [-0.39, 0.29) is 24.3 Å². The molecular weight excluding hydrogens is 394 g/mol. The molecule has 0 spiro atoms. The Morgan fingerprint density at radius 2 is 2.00 bits per heavy atom. The maximum atomic E-state index is 13.5. The number of piperidine rings is 2. The van der Waals surface area contributed by atoms with Crippen LogP contribution >= 0.6 is 0 Å². The van der Waals surface area contributed by atoms with Gasteiger partial charge in [0.1, 0.15) is 6.04 Å². The molecule has 3 aliphatic heterocycles. The van der Waals surface area contributed by atoms with Crippen molar-refractivity contribution in [1.29, 1.82) is 0 Å². The highest BCUT2D eigenvalue weighted by molar-refractivity contribution is 6.05. The molecule has 160 valence electrons. The fourth-order valence-electron chi connectivity index (χ4n) is 5.05. The zero-order valence-electron chi connectivity index (χ0n) is 16.4. The number of amides is 3. The van der Waals surface area contributed by atoms with Crippen molar-refractivity contribution in [3.8, 4) is 0 Å². The van der Waals surface area contributed by atoms with Crippen LogP contribution in [0.3, 0.4) is 0 Å². The molecule has 1 aromatic rings. The standard InChI is InChI=1S/C21H24F2N4O3/c22-21(23)15-5-4-12(25-18(15)21)9-24-8-11-2-1-3-13-14(11)10-27(20(13)30)16-6-7-17(28)26-19(16)29/h1-3,12,15-16,18,24-25H,4-10H2,(H,26,28,29)/t12-,15?,16?,18?/m0/s1. The van der Waals surface area contributed by atoms with Crippen molar-refractivity contribution in [2.24, 2.45) is 5.92 Å². The summed E-state index contributed by atoms with van der Waals surface area (Å²) in [7, 11) is 0. The van der Waals surface area contributed by atoms with E-state index in [1.54, 1.807) is 6.07 Å². The summed E-state index contributed by atoms with van der Waals surface area (Å²) in [6.07, 6.45) is 1.82. The van der Waals surface area contributed by atoms with Crippen LogP contribution in [0, 0.1) is 5.92 Å². The third kappa shape index (κ3) is 3.20. The van der Waals surface area contributed by atoms with Gasteiger partial charge in [-0.15, -0.1) is 0 Å². The Labute approximate surface area is 172 Å². The van der Waals surface area contributed by atoms with Gasteiger partial charge in [0.25, 0.3) is 11.8 Å². The Hall–Kier alpha value is -2.39. The largest absolute Gasteiger partial charge is 0.322 e. The first-order valence-electron chi connectivity index (χ1n) is 10.5. The lowest BCUT2D eigenvalue weighted by atomic mass is 10.0. The van der Waals surface area contributed by atoms with Gasteiger partial charge in [0, 0.05) is 43.6 Å². The molecule has 7 nitrogen and oxygen atoms in total. The van der Waals surface area contributed by atoms with Crippen LogP contribution in [0.15, 0.2) is 18.2 Å². The van der Waals surface area contributed by atoms with Gasteiger partial charge in [0.15, 0.2) is 0 Å². The van der Waals surface area contributed by atoms with Gasteiger partial charge in [-0.1, -0.05) is 12.1 Å². The van der Waals surface area contributed by atoms with Crippen LogP contribution in [0.4, 0.5) is 8.78 Å². The molecule has 3 heterocycles. The normalized spacial score (nSPS) is 31.9. The molecule has 9 heteroatoms. The molecule has 2 saturated heterocycles. The van der Waals surface area contributed by atoms with Gasteiger partial charge in [0.05, 0.1) is 6.04 Å². The van der Waals surface area contributed by atoms with Crippen molar-refractivity contribution in [3.05, 3.63) is 34.9 Å². The second-order valence-electron chi connectivity index (χ2n) is 8.67. The minimum absolute atomic E-state index is 0.0120. The molecule has 1 saturated carbocycles. The molecule has 30 heavy (non-hydrogen) atoms.